The summed E-state index contributed by atoms with van der Waals surface area (Å²) in [5, 5.41) is 0.647. The molecule has 0 bridgehead atoms. The van der Waals surface area contributed by atoms with E-state index >= 15 is 0 Å². The minimum atomic E-state index is -2.28. The zero-order valence-corrected chi connectivity index (χ0v) is 31.5. The number of hydrogen-bond donors (Lipinski definition) is 0. The largest absolute Gasteiger partial charge is 0.768 e. The van der Waals surface area contributed by atoms with Gasteiger partial charge in [-0.25, -0.2) is 0 Å². The van der Waals surface area contributed by atoms with E-state index in [0.29, 0.717) is 9.93 Å². The van der Waals surface area contributed by atoms with Gasteiger partial charge in [-0.05, 0) is 73.8 Å². The van der Waals surface area contributed by atoms with Gasteiger partial charge in [0.25, 0.3) is 0 Å². The highest BCUT2D eigenvalue weighted by molar-refractivity contribution is 7.79. The molecule has 0 aromatic heterocycles. The monoisotopic (exact) mass is 666 g/mol. The highest BCUT2D eigenvalue weighted by Gasteiger charge is 2.44. The number of benzene rings is 2. The van der Waals surface area contributed by atoms with Gasteiger partial charge in [0.2, 0.25) is 5.69 Å². The third kappa shape index (κ3) is 8.11. The summed E-state index contributed by atoms with van der Waals surface area (Å²) in [4.78, 5) is 2.79. The maximum atomic E-state index is 11.8. The fraction of sp³-hybridized carbons (Fsp3) is 0.500. The van der Waals surface area contributed by atoms with Gasteiger partial charge in [0.1, 0.15) is 0 Å². The van der Waals surface area contributed by atoms with Crippen molar-refractivity contribution < 1.29 is 22.3 Å². The van der Waals surface area contributed by atoms with E-state index in [1.807, 2.05) is 24.3 Å². The molecule has 1 unspecified atom stereocenters. The van der Waals surface area contributed by atoms with Crippen molar-refractivity contribution in [2.75, 3.05) is 73.4 Å². The average molecular weight is 667 g/mol. The minimum absolute atomic E-state index is 0.152. The zero-order valence-electron chi connectivity index (χ0n) is 29.9. The molecular formula is C38H55ClN4O2S+2. The highest BCUT2D eigenvalue weighted by atomic mass is 35.5. The van der Waals surface area contributed by atoms with Gasteiger partial charge >= 0.3 is 0 Å². The van der Waals surface area contributed by atoms with Crippen LogP contribution in [0.3, 0.4) is 0 Å². The summed E-state index contributed by atoms with van der Waals surface area (Å²) in [6.07, 6.45) is 10.4. The highest BCUT2D eigenvalue weighted by Crippen LogP contribution is 2.48. The van der Waals surface area contributed by atoms with Crippen molar-refractivity contribution in [2.24, 2.45) is 0 Å². The Morgan fingerprint density at radius 1 is 0.935 bits per heavy atom. The molecule has 0 saturated carbocycles. The number of nitrogens with zero attached hydrogens (tertiary/aromatic N) is 4. The summed E-state index contributed by atoms with van der Waals surface area (Å²) in [6, 6.07) is 12.3. The standard InChI is InChI=1S/C38H55ClN4O2S/c1-28-14-18-33-31(26-28)37(2,3)35(40(33)22-12-24-42(6,7)8)20-15-29(39)16-21-36-38(4,5)32-27-30(46(44)45)17-19-34(32)41(36)23-13-25-43(9,10)11/h14-21,26-27H,12-13,22-25H2,1-11H3/q+2. The van der Waals surface area contributed by atoms with E-state index in [2.05, 4.69) is 117 Å². The smallest absolute Gasteiger partial charge is 0.209 e. The third-order valence-corrected chi connectivity index (χ3v) is 10.2. The van der Waals surface area contributed by atoms with Crippen LogP contribution in [0.15, 0.2) is 76.3 Å². The van der Waals surface area contributed by atoms with Crippen LogP contribution < -0.4 is 4.90 Å². The summed E-state index contributed by atoms with van der Waals surface area (Å²) in [5.41, 5.74) is 7.82. The molecule has 2 aliphatic rings. The van der Waals surface area contributed by atoms with Gasteiger partial charge in [-0.2, -0.15) is 4.58 Å². The summed E-state index contributed by atoms with van der Waals surface area (Å²) in [7, 11) is 13.3. The van der Waals surface area contributed by atoms with E-state index in [1.54, 1.807) is 6.07 Å². The van der Waals surface area contributed by atoms with Crippen LogP contribution in [-0.2, 0) is 21.9 Å². The Morgan fingerprint density at radius 3 is 2.22 bits per heavy atom. The number of rotatable bonds is 12. The molecule has 2 aromatic carbocycles. The van der Waals surface area contributed by atoms with Gasteiger partial charge in [0, 0.05) is 57.4 Å². The van der Waals surface area contributed by atoms with Crippen LogP contribution >= 0.6 is 11.6 Å². The molecule has 4 rings (SSSR count). The van der Waals surface area contributed by atoms with Gasteiger partial charge in [-0.1, -0.05) is 43.1 Å². The SMILES string of the molecule is Cc1ccc2c(c1)C(C)(C)\C(=C/C=C(Cl)/C=C/C1=[N+](CCC[N+](C)(C)C)c3ccc(S(=O)[O-])cc3C1(C)C)N2CCC[N+](C)(C)C. The lowest BCUT2D eigenvalue weighted by Crippen LogP contribution is -2.37. The minimum Gasteiger partial charge on any atom is -0.768 e. The Bertz CT molecular complexity index is 1620. The average Bonchev–Trinajstić information content (AvgIpc) is 3.27. The Balaban J connectivity index is 1.69. The Labute approximate surface area is 285 Å². The molecule has 0 amide bonds. The second kappa shape index (κ2) is 13.5. The van der Waals surface area contributed by atoms with Gasteiger partial charge in [-0.3, -0.25) is 4.21 Å². The normalized spacial score (nSPS) is 19.4. The van der Waals surface area contributed by atoms with Crippen molar-refractivity contribution in [3.63, 3.8) is 0 Å². The van der Waals surface area contributed by atoms with Crippen molar-refractivity contribution in [1.29, 1.82) is 0 Å². The van der Waals surface area contributed by atoms with Crippen LogP contribution in [0.5, 0.6) is 0 Å². The first-order valence-corrected chi connectivity index (χ1v) is 17.8. The van der Waals surface area contributed by atoms with Crippen LogP contribution in [0, 0.1) is 6.92 Å². The van der Waals surface area contributed by atoms with E-state index < -0.39 is 11.1 Å². The van der Waals surface area contributed by atoms with Crippen molar-refractivity contribution >= 4 is 39.8 Å². The maximum Gasteiger partial charge on any atom is 0.209 e. The number of anilines is 1. The molecule has 0 N–H and O–H groups in total. The fourth-order valence-electron chi connectivity index (χ4n) is 6.81. The van der Waals surface area contributed by atoms with Crippen LogP contribution in [-0.4, -0.2) is 96.5 Å². The third-order valence-electron chi connectivity index (χ3n) is 9.33. The molecule has 8 heteroatoms. The van der Waals surface area contributed by atoms with Crippen molar-refractivity contribution in [2.45, 2.75) is 63.2 Å². The summed E-state index contributed by atoms with van der Waals surface area (Å²) >= 11 is 4.67. The lowest BCUT2D eigenvalue weighted by Gasteiger charge is -2.29. The number of aryl methyl sites for hydroxylation is 1. The lowest BCUT2D eigenvalue weighted by atomic mass is 9.81. The first-order chi connectivity index (χ1) is 21.2. The maximum absolute atomic E-state index is 11.8. The van der Waals surface area contributed by atoms with Crippen molar-refractivity contribution in [1.82, 2.24) is 0 Å². The topological polar surface area (TPSA) is 46.4 Å². The van der Waals surface area contributed by atoms with Crippen LogP contribution in [0.4, 0.5) is 11.4 Å². The first-order valence-electron chi connectivity index (χ1n) is 16.4. The Morgan fingerprint density at radius 2 is 1.59 bits per heavy atom. The van der Waals surface area contributed by atoms with Crippen LogP contribution in [0.25, 0.3) is 0 Å². The molecule has 2 aliphatic heterocycles. The molecule has 0 saturated heterocycles. The van der Waals surface area contributed by atoms with Crippen molar-refractivity contribution in [3.8, 4) is 0 Å². The fourth-order valence-corrected chi connectivity index (χ4v) is 7.33. The number of hydrogen-bond acceptors (Lipinski definition) is 3. The molecular weight excluding hydrogens is 612 g/mol. The predicted molar refractivity (Wildman–Crippen MR) is 194 cm³/mol. The van der Waals surface area contributed by atoms with Gasteiger partial charge in [0.05, 0.1) is 67.2 Å². The molecule has 0 radical (unpaired) electrons. The lowest BCUT2D eigenvalue weighted by molar-refractivity contribution is -0.871. The molecule has 46 heavy (non-hydrogen) atoms. The van der Waals surface area contributed by atoms with Gasteiger partial charge < -0.3 is 18.4 Å². The van der Waals surface area contributed by atoms with E-state index in [-0.39, 0.29) is 10.8 Å². The van der Waals surface area contributed by atoms with E-state index in [1.165, 1.54) is 22.5 Å². The van der Waals surface area contributed by atoms with E-state index in [9.17, 15) is 8.76 Å². The zero-order chi connectivity index (χ0) is 34.2. The van der Waals surface area contributed by atoms with Crippen LogP contribution in [0.2, 0.25) is 0 Å². The van der Waals surface area contributed by atoms with E-state index in [4.69, 9.17) is 11.6 Å². The molecule has 6 nitrogen and oxygen atoms in total. The molecule has 250 valence electrons. The summed E-state index contributed by atoms with van der Waals surface area (Å²) in [6.45, 7) is 15.0. The predicted octanol–water partition coefficient (Wildman–Crippen LogP) is 7.16. The van der Waals surface area contributed by atoms with Crippen molar-refractivity contribution in [3.05, 3.63) is 88.1 Å². The second-order valence-corrected chi connectivity index (χ2v) is 17.4. The second-order valence-electron chi connectivity index (χ2n) is 16.0. The van der Waals surface area contributed by atoms with E-state index in [0.717, 1.165) is 64.9 Å². The Hall–Kier alpha value is -2.55. The quantitative estimate of drug-likeness (QED) is 0.105. The van der Waals surface area contributed by atoms with Gasteiger partial charge in [0.15, 0.2) is 12.3 Å². The van der Waals surface area contributed by atoms with Crippen LogP contribution in [0.1, 0.15) is 57.2 Å². The summed E-state index contributed by atoms with van der Waals surface area (Å²) in [5.74, 6) is 0. The number of halogens is 1. The summed E-state index contributed by atoms with van der Waals surface area (Å²) < 4.78 is 27.9. The van der Waals surface area contributed by atoms with Gasteiger partial charge in [-0.15, -0.1) is 0 Å². The number of fused-ring (bicyclic) bond motifs is 2. The molecule has 1 atom stereocenters. The molecule has 0 fully saturated rings. The molecule has 0 spiro atoms. The number of allylic oxidation sites excluding steroid dienone is 6. The first kappa shape index (κ1) is 36.3. The Kier molecular flexibility index (Phi) is 10.7. The molecule has 2 aromatic rings. The number of quaternary nitrogens is 2. The molecule has 2 heterocycles. The molecule has 0 aliphatic carbocycles.